The predicted octanol–water partition coefficient (Wildman–Crippen LogP) is 2.33. The zero-order valence-electron chi connectivity index (χ0n) is 13.8. The highest BCUT2D eigenvalue weighted by Gasteiger charge is 2.19. The summed E-state index contributed by atoms with van der Waals surface area (Å²) in [5.74, 6) is 1.75. The Morgan fingerprint density at radius 2 is 1.87 bits per heavy atom. The van der Waals surface area contributed by atoms with Gasteiger partial charge >= 0.3 is 0 Å². The molecule has 0 aliphatic rings. The Kier molecular flexibility index (Phi) is 5.71. The summed E-state index contributed by atoms with van der Waals surface area (Å²) >= 11 is 0. The van der Waals surface area contributed by atoms with Gasteiger partial charge in [-0.3, -0.25) is 0 Å². The molecule has 124 valence electrons. The molecule has 2 aromatic rings. The summed E-state index contributed by atoms with van der Waals surface area (Å²) in [7, 11) is -1.15. The number of hydrogen-bond donors (Lipinski definition) is 0. The van der Waals surface area contributed by atoms with Crippen LogP contribution in [0.3, 0.4) is 0 Å². The van der Waals surface area contributed by atoms with Crippen LogP contribution in [0.4, 0.5) is 5.82 Å². The molecule has 0 radical (unpaired) electrons. The number of benzene rings is 1. The van der Waals surface area contributed by atoms with Crippen LogP contribution >= 0.6 is 0 Å². The number of aromatic nitrogens is 2. The first-order valence-corrected chi connectivity index (χ1v) is 9.52. The molecule has 0 bridgehead atoms. The molecule has 5 nitrogen and oxygen atoms in total. The van der Waals surface area contributed by atoms with E-state index in [1.165, 1.54) is 0 Å². The molecule has 1 heterocycles. The highest BCUT2D eigenvalue weighted by Crippen LogP contribution is 2.14. The second kappa shape index (κ2) is 7.55. The fourth-order valence-corrected chi connectivity index (χ4v) is 3.47. The van der Waals surface area contributed by atoms with Crippen LogP contribution in [-0.4, -0.2) is 43.0 Å². The van der Waals surface area contributed by atoms with Crippen molar-refractivity contribution < 1.29 is 8.42 Å². The van der Waals surface area contributed by atoms with E-state index in [0.29, 0.717) is 6.42 Å². The third kappa shape index (κ3) is 5.03. The van der Waals surface area contributed by atoms with Crippen LogP contribution in [0.1, 0.15) is 25.2 Å². The van der Waals surface area contributed by atoms with Gasteiger partial charge in [0.25, 0.3) is 0 Å². The van der Waals surface area contributed by atoms with Gasteiger partial charge in [-0.1, -0.05) is 37.3 Å². The summed E-state index contributed by atoms with van der Waals surface area (Å²) < 4.78 is 23.6. The van der Waals surface area contributed by atoms with E-state index in [4.69, 9.17) is 0 Å². The quantitative estimate of drug-likeness (QED) is 0.778. The molecular weight excluding hydrogens is 310 g/mol. The van der Waals surface area contributed by atoms with Gasteiger partial charge in [0.2, 0.25) is 0 Å². The van der Waals surface area contributed by atoms with Crippen molar-refractivity contribution in [3.8, 4) is 0 Å². The van der Waals surface area contributed by atoms with Crippen LogP contribution < -0.4 is 4.90 Å². The van der Waals surface area contributed by atoms with E-state index < -0.39 is 9.84 Å². The summed E-state index contributed by atoms with van der Waals surface area (Å²) in [6, 6.07) is 11.7. The monoisotopic (exact) mass is 333 g/mol. The summed E-state index contributed by atoms with van der Waals surface area (Å²) in [5.41, 5.74) is 1.15. The normalized spacial score (nSPS) is 12.8. The number of rotatable bonds is 7. The largest absolute Gasteiger partial charge is 0.356 e. The van der Waals surface area contributed by atoms with E-state index in [1.807, 2.05) is 55.3 Å². The predicted molar refractivity (Wildman–Crippen MR) is 93.5 cm³/mol. The Bertz CT molecular complexity index is 733. The van der Waals surface area contributed by atoms with Gasteiger partial charge in [-0.15, -0.1) is 0 Å². The lowest BCUT2D eigenvalue weighted by Crippen LogP contribution is -2.36. The minimum Gasteiger partial charge on any atom is -0.356 e. The average Bonchev–Trinajstić information content (AvgIpc) is 2.55. The molecule has 2 rings (SSSR count). The van der Waals surface area contributed by atoms with E-state index in [9.17, 15) is 8.42 Å². The molecule has 0 spiro atoms. The molecule has 0 saturated carbocycles. The second-order valence-electron chi connectivity index (χ2n) is 5.65. The Hall–Kier alpha value is -1.95. The van der Waals surface area contributed by atoms with Crippen molar-refractivity contribution in [3.63, 3.8) is 0 Å². The molecular formula is C17H23N3O2S. The van der Waals surface area contributed by atoms with Crippen LogP contribution in [0, 0.1) is 0 Å². The lowest BCUT2D eigenvalue weighted by Gasteiger charge is -2.25. The molecule has 0 fully saturated rings. The number of nitrogens with zero attached hydrogens (tertiary/aromatic N) is 3. The van der Waals surface area contributed by atoms with Crippen LogP contribution in [0.15, 0.2) is 42.6 Å². The van der Waals surface area contributed by atoms with Gasteiger partial charge in [0.1, 0.15) is 11.6 Å². The first-order valence-electron chi connectivity index (χ1n) is 7.70. The molecule has 1 aromatic heterocycles. The fraction of sp³-hybridized carbons (Fsp3) is 0.412. The summed E-state index contributed by atoms with van der Waals surface area (Å²) in [4.78, 5) is 10.8. The van der Waals surface area contributed by atoms with Gasteiger partial charge in [0.15, 0.2) is 9.84 Å². The molecule has 0 aliphatic heterocycles. The standard InChI is InChI=1S/C17H23N3O2S/c1-4-23(21,22)13-14(2)20(3)17-10-11-18-16(19-17)12-15-8-6-5-7-9-15/h5-11,14H,4,12-13H2,1-3H3/t14-/m0/s1. The van der Waals surface area contributed by atoms with Gasteiger partial charge in [-0.2, -0.15) is 0 Å². The van der Waals surface area contributed by atoms with Crippen molar-refractivity contribution in [1.82, 2.24) is 9.97 Å². The van der Waals surface area contributed by atoms with Crippen LogP contribution in [-0.2, 0) is 16.3 Å². The second-order valence-corrected chi connectivity index (χ2v) is 8.05. The minimum atomic E-state index is -3.02. The zero-order valence-corrected chi connectivity index (χ0v) is 14.6. The van der Waals surface area contributed by atoms with Gasteiger partial charge in [0, 0.05) is 31.5 Å². The number of hydrogen-bond acceptors (Lipinski definition) is 5. The van der Waals surface area contributed by atoms with E-state index in [1.54, 1.807) is 13.1 Å². The Morgan fingerprint density at radius 1 is 1.17 bits per heavy atom. The van der Waals surface area contributed by atoms with E-state index in [0.717, 1.165) is 17.2 Å². The number of sulfone groups is 1. The van der Waals surface area contributed by atoms with Gasteiger partial charge in [-0.05, 0) is 18.6 Å². The highest BCUT2D eigenvalue weighted by atomic mass is 32.2. The SMILES string of the molecule is CCS(=O)(=O)C[C@H](C)N(C)c1ccnc(Cc2ccccc2)n1. The van der Waals surface area contributed by atoms with Gasteiger partial charge < -0.3 is 4.90 Å². The summed E-state index contributed by atoms with van der Waals surface area (Å²) in [5, 5.41) is 0. The minimum absolute atomic E-state index is 0.123. The third-order valence-electron chi connectivity index (χ3n) is 3.85. The van der Waals surface area contributed by atoms with Crippen molar-refractivity contribution >= 4 is 15.7 Å². The molecule has 23 heavy (non-hydrogen) atoms. The lowest BCUT2D eigenvalue weighted by molar-refractivity contribution is 0.588. The molecule has 1 aromatic carbocycles. The lowest BCUT2D eigenvalue weighted by atomic mass is 10.1. The Morgan fingerprint density at radius 3 is 2.52 bits per heavy atom. The van der Waals surface area contributed by atoms with Gasteiger partial charge in [-0.25, -0.2) is 18.4 Å². The van der Waals surface area contributed by atoms with Crippen molar-refractivity contribution in [2.75, 3.05) is 23.5 Å². The van der Waals surface area contributed by atoms with E-state index in [-0.39, 0.29) is 17.5 Å². The summed E-state index contributed by atoms with van der Waals surface area (Å²) in [6.45, 7) is 3.57. The molecule has 0 amide bonds. The maximum atomic E-state index is 11.8. The molecule has 1 atom stereocenters. The van der Waals surface area contributed by atoms with Crippen LogP contribution in [0.2, 0.25) is 0 Å². The van der Waals surface area contributed by atoms with Crippen molar-refractivity contribution in [2.24, 2.45) is 0 Å². The van der Waals surface area contributed by atoms with Crippen molar-refractivity contribution in [2.45, 2.75) is 26.3 Å². The summed E-state index contributed by atoms with van der Waals surface area (Å²) in [6.07, 6.45) is 2.38. The maximum absolute atomic E-state index is 11.8. The molecule has 0 N–H and O–H groups in total. The molecule has 0 saturated heterocycles. The van der Waals surface area contributed by atoms with Crippen LogP contribution in [0.5, 0.6) is 0 Å². The Labute approximate surface area is 138 Å². The van der Waals surface area contributed by atoms with E-state index in [2.05, 4.69) is 9.97 Å². The maximum Gasteiger partial charge on any atom is 0.152 e. The molecule has 0 aliphatic carbocycles. The molecule has 6 heteroatoms. The first kappa shape index (κ1) is 17.4. The third-order valence-corrected chi connectivity index (χ3v) is 5.72. The molecule has 0 unspecified atom stereocenters. The fourth-order valence-electron chi connectivity index (χ4n) is 2.27. The van der Waals surface area contributed by atoms with Gasteiger partial charge in [0.05, 0.1) is 5.75 Å². The van der Waals surface area contributed by atoms with E-state index >= 15 is 0 Å². The Balaban J connectivity index is 2.12. The smallest absolute Gasteiger partial charge is 0.152 e. The topological polar surface area (TPSA) is 63.2 Å². The van der Waals surface area contributed by atoms with Crippen molar-refractivity contribution in [3.05, 3.63) is 54.0 Å². The van der Waals surface area contributed by atoms with Crippen LogP contribution in [0.25, 0.3) is 0 Å². The average molecular weight is 333 g/mol. The van der Waals surface area contributed by atoms with Crippen molar-refractivity contribution in [1.29, 1.82) is 0 Å². The first-order chi connectivity index (χ1) is 10.9. The zero-order chi connectivity index (χ0) is 16.9. The highest BCUT2D eigenvalue weighted by molar-refractivity contribution is 7.91. The number of anilines is 1.